The Morgan fingerprint density at radius 2 is 2.26 bits per heavy atom. The molecule has 1 aliphatic rings. The quantitative estimate of drug-likeness (QED) is 0.459. The van der Waals surface area contributed by atoms with Gasteiger partial charge in [-0.1, -0.05) is 11.3 Å². The van der Waals surface area contributed by atoms with Gasteiger partial charge in [0, 0.05) is 25.2 Å². The van der Waals surface area contributed by atoms with E-state index in [1.165, 1.54) is 21.0 Å². The van der Waals surface area contributed by atoms with Crippen LogP contribution >= 0.6 is 0 Å². The third-order valence-corrected chi connectivity index (χ3v) is 6.00. The van der Waals surface area contributed by atoms with E-state index in [9.17, 15) is 13.6 Å². The fourth-order valence-electron chi connectivity index (χ4n) is 4.25. The number of carbonyl (C=O) groups is 1. The predicted molar refractivity (Wildman–Crippen MR) is 121 cm³/mol. The number of anilines is 1. The molecule has 5 rings (SSSR count). The van der Waals surface area contributed by atoms with Crippen LogP contribution < -0.4 is 10.1 Å². The molecule has 4 heterocycles. The molecule has 0 aliphatic carbocycles. The molecule has 12 heteroatoms. The zero-order chi connectivity index (χ0) is 26.3. The van der Waals surface area contributed by atoms with E-state index in [0.29, 0.717) is 35.1 Å². The van der Waals surface area contributed by atoms with Crippen molar-refractivity contribution in [3.63, 3.8) is 0 Å². The third kappa shape index (κ3) is 3.88. The van der Waals surface area contributed by atoms with Crippen LogP contribution in [0.3, 0.4) is 0 Å². The number of methoxy groups -OCH3 is 1. The molecule has 1 aromatic carbocycles. The molecule has 0 saturated carbocycles. The number of carbonyl (C=O) groups excluding carboxylic acids is 1. The largest absolute Gasteiger partial charge is 0.479 e. The lowest BCUT2D eigenvalue weighted by molar-refractivity contribution is -0.131. The summed E-state index contributed by atoms with van der Waals surface area (Å²) in [5.74, 6) is -0.434. The van der Waals surface area contributed by atoms with Crippen molar-refractivity contribution in [2.45, 2.75) is 32.1 Å². The minimum Gasteiger partial charge on any atom is -0.479 e. The van der Waals surface area contributed by atoms with Gasteiger partial charge in [0.05, 0.1) is 35.8 Å². The first kappa shape index (κ1) is 18.6. The standard InChI is InChI=1S/C22H24F2N8O2/c1-13(33)30-8-6-17(16(24)12-30)25-22-26-21(34-2)20-15(5-9-32(20)28-22)14-3-4-18-19(11-14)31(10-7-23)29-27-18/h3-5,9,11,16-17H,6-8,10,12H2,1-2H3,(H,25,28)/t16-,17+/m1/s1/i2D3. The number of aromatic nitrogens is 6. The molecule has 1 N–H and O–H groups in total. The third-order valence-electron chi connectivity index (χ3n) is 6.00. The number of alkyl halides is 2. The number of nitrogens with one attached hydrogen (secondary N) is 1. The minimum absolute atomic E-state index is 0.0153. The average Bonchev–Trinajstić information content (AvgIpc) is 3.44. The highest BCUT2D eigenvalue weighted by molar-refractivity contribution is 5.89. The van der Waals surface area contributed by atoms with Crippen molar-refractivity contribution in [1.82, 2.24) is 34.5 Å². The van der Waals surface area contributed by atoms with E-state index >= 15 is 0 Å². The molecule has 1 fully saturated rings. The van der Waals surface area contributed by atoms with Gasteiger partial charge in [-0.3, -0.25) is 4.79 Å². The van der Waals surface area contributed by atoms with Gasteiger partial charge >= 0.3 is 0 Å². The van der Waals surface area contributed by atoms with E-state index < -0.39 is 25.9 Å². The Morgan fingerprint density at radius 1 is 1.38 bits per heavy atom. The Kier molecular flexibility index (Phi) is 4.83. The maximum atomic E-state index is 14.8. The van der Waals surface area contributed by atoms with E-state index in [2.05, 4.69) is 25.7 Å². The molecular formula is C22H24F2N8O2. The van der Waals surface area contributed by atoms with Crippen LogP contribution in [0.4, 0.5) is 14.7 Å². The van der Waals surface area contributed by atoms with Crippen LogP contribution in [-0.2, 0) is 11.3 Å². The molecule has 0 radical (unpaired) electrons. The molecule has 10 nitrogen and oxygen atoms in total. The summed E-state index contributed by atoms with van der Waals surface area (Å²) < 4.78 is 58.7. The summed E-state index contributed by atoms with van der Waals surface area (Å²) in [6.07, 6.45) is 0.574. The number of halogens is 2. The molecular weight excluding hydrogens is 446 g/mol. The van der Waals surface area contributed by atoms with E-state index in [1.807, 2.05) is 0 Å². The number of rotatable bonds is 6. The van der Waals surface area contributed by atoms with Crippen molar-refractivity contribution < 1.29 is 22.4 Å². The van der Waals surface area contributed by atoms with E-state index in [4.69, 9.17) is 8.85 Å². The van der Waals surface area contributed by atoms with Crippen LogP contribution in [-0.4, -0.2) is 79.4 Å². The number of aryl methyl sites for hydroxylation is 1. The maximum Gasteiger partial charge on any atom is 0.244 e. The lowest BCUT2D eigenvalue weighted by atomic mass is 10.0. The molecule has 1 saturated heterocycles. The first-order valence-corrected chi connectivity index (χ1v) is 10.8. The molecule has 0 bridgehead atoms. The van der Waals surface area contributed by atoms with Crippen LogP contribution in [0.15, 0.2) is 30.5 Å². The zero-order valence-corrected chi connectivity index (χ0v) is 18.3. The molecule has 1 aliphatic heterocycles. The number of ether oxygens (including phenoxy) is 1. The number of nitrogens with zero attached hydrogens (tertiary/aromatic N) is 7. The molecule has 4 aromatic rings. The SMILES string of the molecule is [2H]C([2H])([2H])Oc1nc(N[C@H]2CCN(C(C)=O)C[C@H]2F)nn2ccc(-c3ccc4nnn(CCF)c4c3)c12. The lowest BCUT2D eigenvalue weighted by Crippen LogP contribution is -2.49. The van der Waals surface area contributed by atoms with Gasteiger partial charge in [-0.15, -0.1) is 10.2 Å². The Morgan fingerprint density at radius 3 is 3.03 bits per heavy atom. The molecule has 0 unspecified atom stereocenters. The Hall–Kier alpha value is -3.83. The van der Waals surface area contributed by atoms with Crippen LogP contribution in [0, 0.1) is 0 Å². The van der Waals surface area contributed by atoms with Gasteiger partial charge in [-0.25, -0.2) is 18.0 Å². The molecule has 1 amide bonds. The van der Waals surface area contributed by atoms with Gasteiger partial charge in [0.25, 0.3) is 0 Å². The van der Waals surface area contributed by atoms with E-state index in [1.54, 1.807) is 30.5 Å². The van der Waals surface area contributed by atoms with Crippen LogP contribution in [0.1, 0.15) is 17.5 Å². The van der Waals surface area contributed by atoms with Gasteiger partial charge in [0.2, 0.25) is 17.7 Å². The molecule has 3 aromatic heterocycles. The summed E-state index contributed by atoms with van der Waals surface area (Å²) in [5.41, 5.74) is 2.71. The highest BCUT2D eigenvalue weighted by atomic mass is 19.1. The summed E-state index contributed by atoms with van der Waals surface area (Å²) in [6.45, 7) is 1.15. The number of benzene rings is 1. The minimum atomic E-state index is -2.81. The van der Waals surface area contributed by atoms with Crippen LogP contribution in [0.25, 0.3) is 27.7 Å². The van der Waals surface area contributed by atoms with Gasteiger partial charge in [-0.2, -0.15) is 4.98 Å². The molecule has 178 valence electrons. The number of amides is 1. The second kappa shape index (κ2) is 8.84. The van der Waals surface area contributed by atoms with Gasteiger partial charge in [0.15, 0.2) is 0 Å². The second-order valence-corrected chi connectivity index (χ2v) is 8.09. The topological polar surface area (TPSA) is 102 Å². The number of likely N-dealkylation sites (tertiary alicyclic amines) is 1. The summed E-state index contributed by atoms with van der Waals surface area (Å²) in [5, 5.41) is 15.3. The summed E-state index contributed by atoms with van der Waals surface area (Å²) in [4.78, 5) is 17.3. The molecule has 0 spiro atoms. The van der Waals surface area contributed by atoms with Gasteiger partial charge in [0.1, 0.15) is 23.9 Å². The predicted octanol–water partition coefficient (Wildman–Crippen LogP) is 2.49. The number of piperidine rings is 1. The summed E-state index contributed by atoms with van der Waals surface area (Å²) in [7, 11) is -2.81. The lowest BCUT2D eigenvalue weighted by Gasteiger charge is -2.34. The van der Waals surface area contributed by atoms with Crippen LogP contribution in [0.5, 0.6) is 5.88 Å². The van der Waals surface area contributed by atoms with Crippen LogP contribution in [0.2, 0.25) is 0 Å². The highest BCUT2D eigenvalue weighted by Gasteiger charge is 2.31. The highest BCUT2D eigenvalue weighted by Crippen LogP contribution is 2.33. The molecule has 34 heavy (non-hydrogen) atoms. The van der Waals surface area contributed by atoms with E-state index in [-0.39, 0.29) is 36.3 Å². The number of hydrogen-bond donors (Lipinski definition) is 1. The summed E-state index contributed by atoms with van der Waals surface area (Å²) in [6, 6.07) is 6.31. The zero-order valence-electron chi connectivity index (χ0n) is 21.3. The van der Waals surface area contributed by atoms with Crippen molar-refractivity contribution in [2.75, 3.05) is 32.1 Å². The Bertz CT molecular complexity index is 1460. The summed E-state index contributed by atoms with van der Waals surface area (Å²) >= 11 is 0. The Balaban J connectivity index is 1.53. The average molecular weight is 474 g/mol. The first-order chi connectivity index (χ1) is 17.6. The van der Waals surface area contributed by atoms with Crippen molar-refractivity contribution in [3.05, 3.63) is 30.5 Å². The first-order valence-electron chi connectivity index (χ1n) is 12.3. The smallest absolute Gasteiger partial charge is 0.244 e. The second-order valence-electron chi connectivity index (χ2n) is 8.09. The van der Waals surface area contributed by atoms with E-state index in [0.717, 1.165) is 0 Å². The van der Waals surface area contributed by atoms with Crippen molar-refractivity contribution in [1.29, 1.82) is 0 Å². The Labute approximate surface area is 197 Å². The van der Waals surface area contributed by atoms with Gasteiger partial charge < -0.3 is 15.0 Å². The monoisotopic (exact) mass is 473 g/mol. The van der Waals surface area contributed by atoms with Crippen molar-refractivity contribution >= 4 is 28.4 Å². The normalized spacial score (nSPS) is 20.2. The van der Waals surface area contributed by atoms with Gasteiger partial charge in [-0.05, 0) is 30.2 Å². The number of hydrogen-bond acceptors (Lipinski definition) is 7. The maximum absolute atomic E-state index is 14.8. The van der Waals surface area contributed by atoms with Crippen molar-refractivity contribution in [2.24, 2.45) is 0 Å². The fourth-order valence-corrected chi connectivity index (χ4v) is 4.25. The number of fused-ring (bicyclic) bond motifs is 2. The fraction of sp³-hybridized carbons (Fsp3) is 0.409. The van der Waals surface area contributed by atoms with Crippen molar-refractivity contribution in [3.8, 4) is 17.0 Å². The molecule has 2 atom stereocenters.